The third-order valence-corrected chi connectivity index (χ3v) is 5.68. The number of amides is 1. The number of primary amides is 1. The van der Waals surface area contributed by atoms with Gasteiger partial charge >= 0.3 is 0 Å². The minimum Gasteiger partial charge on any atom is -0.364 e. The van der Waals surface area contributed by atoms with E-state index in [1.165, 1.54) is 16.9 Å². The van der Waals surface area contributed by atoms with Crippen LogP contribution in [0.1, 0.15) is 28.5 Å². The summed E-state index contributed by atoms with van der Waals surface area (Å²) >= 11 is 6.93. The quantitative estimate of drug-likeness (QED) is 0.439. The van der Waals surface area contributed by atoms with Gasteiger partial charge in [-0.3, -0.25) is 9.78 Å². The molecule has 0 atom stereocenters. The molecule has 3 aromatic heterocycles. The van der Waals surface area contributed by atoms with Crippen LogP contribution < -0.4 is 11.1 Å². The number of hydrogen-bond acceptors (Lipinski definition) is 5. The van der Waals surface area contributed by atoms with Crippen molar-refractivity contribution in [3.05, 3.63) is 83.4 Å². The zero-order chi connectivity index (χ0) is 21.1. The molecule has 0 radical (unpaired) electrons. The number of carbonyl (C=O) groups is 1. The molecule has 8 heteroatoms. The first-order valence-electron chi connectivity index (χ1n) is 9.33. The summed E-state index contributed by atoms with van der Waals surface area (Å²) in [4.78, 5) is 21.1. The van der Waals surface area contributed by atoms with E-state index in [1.807, 2.05) is 23.6 Å². The Kier molecular flexibility index (Phi) is 5.69. The van der Waals surface area contributed by atoms with Crippen LogP contribution in [0.5, 0.6) is 0 Å². The Balaban J connectivity index is 1.72. The van der Waals surface area contributed by atoms with Gasteiger partial charge in [-0.15, -0.1) is 11.3 Å². The molecule has 1 amide bonds. The van der Waals surface area contributed by atoms with Crippen LogP contribution in [0.3, 0.4) is 0 Å². The smallest absolute Gasteiger partial charge is 0.265 e. The Morgan fingerprint density at radius 1 is 1.23 bits per heavy atom. The van der Waals surface area contributed by atoms with Gasteiger partial charge in [-0.25, -0.2) is 4.98 Å². The molecule has 0 aliphatic carbocycles. The van der Waals surface area contributed by atoms with Crippen LogP contribution in [0, 0.1) is 0 Å². The fraction of sp³-hybridized carbons (Fsp3) is 0.0909. The van der Waals surface area contributed by atoms with Gasteiger partial charge in [-0.05, 0) is 29.7 Å². The molecule has 0 unspecified atom stereocenters. The van der Waals surface area contributed by atoms with Gasteiger partial charge in [0.2, 0.25) is 0 Å². The summed E-state index contributed by atoms with van der Waals surface area (Å²) in [5.74, 6) is -0.545. The summed E-state index contributed by atoms with van der Waals surface area (Å²) < 4.78 is 1.72. The number of hydrogen-bond donors (Lipinski definition) is 2. The van der Waals surface area contributed by atoms with Crippen molar-refractivity contribution in [3.8, 4) is 16.8 Å². The van der Waals surface area contributed by atoms with Crippen molar-refractivity contribution in [2.24, 2.45) is 5.73 Å². The lowest BCUT2D eigenvalue weighted by atomic mass is 10.0. The van der Waals surface area contributed by atoms with E-state index in [0.717, 1.165) is 23.2 Å². The van der Waals surface area contributed by atoms with Gasteiger partial charge in [0.25, 0.3) is 5.91 Å². The number of benzene rings is 1. The first-order chi connectivity index (χ1) is 14.5. The molecule has 0 spiro atoms. The second-order valence-corrected chi connectivity index (χ2v) is 7.93. The molecule has 1 aromatic carbocycles. The molecule has 4 aromatic rings. The van der Waals surface area contributed by atoms with Crippen LogP contribution in [-0.4, -0.2) is 25.4 Å². The lowest BCUT2D eigenvalue weighted by molar-refractivity contribution is 0.0994. The van der Waals surface area contributed by atoms with E-state index in [-0.39, 0.29) is 0 Å². The third-order valence-electron chi connectivity index (χ3n) is 4.66. The first kappa shape index (κ1) is 19.9. The molecule has 0 fully saturated rings. The topological polar surface area (TPSA) is 85.8 Å². The Morgan fingerprint density at radius 3 is 2.83 bits per heavy atom. The number of rotatable bonds is 6. The van der Waals surface area contributed by atoms with E-state index < -0.39 is 5.91 Å². The number of thiazole rings is 1. The van der Waals surface area contributed by atoms with Crippen molar-refractivity contribution < 1.29 is 4.79 Å². The molecule has 6 nitrogen and oxygen atoms in total. The molecular weight excluding hydrogens is 414 g/mol. The normalized spacial score (nSPS) is 10.7. The standard InChI is InChI=1S/C22H19N5OS2/c1-2-14-4-3-5-15(8-14)16-9-18(12-24-11-16)27-13-17(10-19(27)20(23)28)21(29)26-22-25-6-7-30-22/h3-13H,2H2,1H3,(H2,23,28)(H,25,26,29). The number of nitrogens with zero attached hydrogens (tertiary/aromatic N) is 3. The van der Waals surface area contributed by atoms with Crippen LogP contribution in [0.25, 0.3) is 16.8 Å². The average molecular weight is 434 g/mol. The number of nitrogens with two attached hydrogens (primary N) is 1. The van der Waals surface area contributed by atoms with Gasteiger partial charge in [0.1, 0.15) is 10.7 Å². The zero-order valence-electron chi connectivity index (χ0n) is 16.2. The minimum atomic E-state index is -0.545. The highest BCUT2D eigenvalue weighted by Gasteiger charge is 2.16. The number of pyridine rings is 1. The second-order valence-electron chi connectivity index (χ2n) is 6.63. The first-order valence-corrected chi connectivity index (χ1v) is 10.6. The largest absolute Gasteiger partial charge is 0.364 e. The summed E-state index contributed by atoms with van der Waals surface area (Å²) in [6.07, 6.45) is 7.94. The Hall–Kier alpha value is -3.36. The monoisotopic (exact) mass is 433 g/mol. The van der Waals surface area contributed by atoms with E-state index in [9.17, 15) is 4.79 Å². The molecule has 0 aliphatic heterocycles. The number of nitrogens with one attached hydrogen (secondary N) is 1. The Morgan fingerprint density at radius 2 is 2.10 bits per heavy atom. The minimum absolute atomic E-state index is 0.328. The van der Waals surface area contributed by atoms with Crippen LogP contribution in [0.15, 0.2) is 66.6 Å². The van der Waals surface area contributed by atoms with Crippen molar-refractivity contribution >= 4 is 39.6 Å². The fourth-order valence-corrected chi connectivity index (χ4v) is 3.94. The van der Waals surface area contributed by atoms with Gasteiger partial charge in [0.15, 0.2) is 5.13 Å². The predicted molar refractivity (Wildman–Crippen MR) is 124 cm³/mol. The number of thiocarbonyl (C=S) groups is 1. The highest BCUT2D eigenvalue weighted by molar-refractivity contribution is 7.81. The van der Waals surface area contributed by atoms with E-state index in [2.05, 4.69) is 34.3 Å². The average Bonchev–Trinajstić information content (AvgIpc) is 3.44. The van der Waals surface area contributed by atoms with E-state index >= 15 is 0 Å². The molecule has 150 valence electrons. The van der Waals surface area contributed by atoms with E-state index in [0.29, 0.717) is 21.4 Å². The third kappa shape index (κ3) is 4.14. The lowest BCUT2D eigenvalue weighted by Crippen LogP contribution is -2.15. The summed E-state index contributed by atoms with van der Waals surface area (Å²) in [5, 5.41) is 5.62. The highest BCUT2D eigenvalue weighted by atomic mass is 32.1. The molecule has 3 N–H and O–H groups in total. The van der Waals surface area contributed by atoms with Crippen LogP contribution in [-0.2, 0) is 6.42 Å². The van der Waals surface area contributed by atoms with Gasteiger partial charge in [0.05, 0.1) is 11.9 Å². The molecule has 30 heavy (non-hydrogen) atoms. The Bertz CT molecular complexity index is 1210. The molecule has 0 saturated heterocycles. The summed E-state index contributed by atoms with van der Waals surface area (Å²) in [7, 11) is 0. The SMILES string of the molecule is CCc1cccc(-c2cncc(-n3cc(C(=S)Nc4nccs4)cc3C(N)=O)c2)c1. The molecular formula is C22H19N5OS2. The van der Waals surface area contributed by atoms with Crippen molar-refractivity contribution in [2.45, 2.75) is 13.3 Å². The van der Waals surface area contributed by atoms with Crippen molar-refractivity contribution in [1.29, 1.82) is 0 Å². The highest BCUT2D eigenvalue weighted by Crippen LogP contribution is 2.24. The Labute approximate surface area is 183 Å². The number of carbonyl (C=O) groups excluding carboxylic acids is 1. The maximum atomic E-state index is 12.1. The molecule has 0 aliphatic rings. The van der Waals surface area contributed by atoms with Crippen molar-refractivity contribution in [3.63, 3.8) is 0 Å². The predicted octanol–water partition coefficient (Wildman–Crippen LogP) is 4.44. The lowest BCUT2D eigenvalue weighted by Gasteiger charge is -2.09. The van der Waals surface area contributed by atoms with Gasteiger partial charge in [-0.2, -0.15) is 0 Å². The summed E-state index contributed by atoms with van der Waals surface area (Å²) in [5.41, 5.74) is 10.6. The molecule has 0 saturated carbocycles. The van der Waals surface area contributed by atoms with Crippen LogP contribution in [0.2, 0.25) is 0 Å². The maximum absolute atomic E-state index is 12.1. The number of aryl methyl sites for hydroxylation is 1. The van der Waals surface area contributed by atoms with E-state index in [4.69, 9.17) is 18.0 Å². The van der Waals surface area contributed by atoms with E-state index in [1.54, 1.807) is 35.4 Å². The van der Waals surface area contributed by atoms with Crippen LogP contribution >= 0.6 is 23.6 Å². The number of anilines is 1. The summed E-state index contributed by atoms with van der Waals surface area (Å²) in [6, 6.07) is 12.0. The van der Waals surface area contributed by atoms with Gasteiger partial charge in [-0.1, -0.05) is 43.4 Å². The molecule has 3 heterocycles. The second kappa shape index (κ2) is 8.56. The molecule has 0 bridgehead atoms. The summed E-state index contributed by atoms with van der Waals surface area (Å²) in [6.45, 7) is 2.12. The van der Waals surface area contributed by atoms with Crippen LogP contribution in [0.4, 0.5) is 5.13 Å². The number of aromatic nitrogens is 3. The van der Waals surface area contributed by atoms with Gasteiger partial charge in [0, 0.05) is 35.1 Å². The van der Waals surface area contributed by atoms with Crippen molar-refractivity contribution in [1.82, 2.24) is 14.5 Å². The van der Waals surface area contributed by atoms with Crippen molar-refractivity contribution in [2.75, 3.05) is 5.32 Å². The maximum Gasteiger partial charge on any atom is 0.265 e. The fourth-order valence-electron chi connectivity index (χ4n) is 3.13. The van der Waals surface area contributed by atoms with Gasteiger partial charge < -0.3 is 15.6 Å². The molecule has 4 rings (SSSR count). The zero-order valence-corrected chi connectivity index (χ0v) is 17.8.